The van der Waals surface area contributed by atoms with Crippen LogP contribution in [0, 0.1) is 13.8 Å². The van der Waals surface area contributed by atoms with E-state index < -0.39 is 35.5 Å². The van der Waals surface area contributed by atoms with Gasteiger partial charge >= 0.3 is 12.4 Å². The number of halogens is 6. The summed E-state index contributed by atoms with van der Waals surface area (Å²) < 4.78 is 86.1. The maximum absolute atomic E-state index is 13.4. The van der Waals surface area contributed by atoms with Gasteiger partial charge < -0.3 is 15.2 Å². The Morgan fingerprint density at radius 1 is 0.925 bits per heavy atom. The number of likely N-dealkylation sites (tertiary alicyclic amines) is 1. The van der Waals surface area contributed by atoms with Crippen molar-refractivity contribution in [1.29, 1.82) is 0 Å². The van der Waals surface area contributed by atoms with Crippen LogP contribution in [0.4, 0.5) is 26.3 Å². The Labute approximate surface area is 232 Å². The summed E-state index contributed by atoms with van der Waals surface area (Å²) in [5.41, 5.74) is 0.0291. The van der Waals surface area contributed by atoms with Gasteiger partial charge in [0.2, 0.25) is 6.41 Å². The second-order valence-corrected chi connectivity index (χ2v) is 11.8. The van der Waals surface area contributed by atoms with Crippen LogP contribution in [0.5, 0.6) is 0 Å². The molecule has 0 aromatic heterocycles. The van der Waals surface area contributed by atoms with Crippen molar-refractivity contribution in [2.24, 2.45) is 0 Å². The van der Waals surface area contributed by atoms with Crippen molar-refractivity contribution < 1.29 is 36.2 Å². The first kappa shape index (κ1) is 32.4. The number of aliphatic hydroxyl groups is 1. The van der Waals surface area contributed by atoms with E-state index in [1.165, 1.54) is 0 Å². The predicted octanol–water partition coefficient (Wildman–Crippen LogP) is 7.38. The van der Waals surface area contributed by atoms with E-state index in [1.807, 2.05) is 64.6 Å². The van der Waals surface area contributed by atoms with Crippen molar-refractivity contribution in [3.63, 3.8) is 0 Å². The van der Waals surface area contributed by atoms with Crippen molar-refractivity contribution in [1.82, 2.24) is 10.2 Å². The molecule has 0 spiro atoms. The number of aliphatic hydroxyl groups excluding tert-OH is 1. The van der Waals surface area contributed by atoms with Crippen LogP contribution in [-0.4, -0.2) is 40.1 Å². The fourth-order valence-electron chi connectivity index (χ4n) is 5.56. The maximum Gasteiger partial charge on any atom is 0.416 e. The fraction of sp³-hybridized carbons (Fsp3) is 0.600. The van der Waals surface area contributed by atoms with Gasteiger partial charge in [0.1, 0.15) is 0 Å². The molecule has 0 aliphatic carbocycles. The minimum Gasteiger partial charge on any atom is -0.356 e. The molecule has 1 aliphatic rings. The molecule has 3 rings (SSSR count). The van der Waals surface area contributed by atoms with Crippen LogP contribution in [-0.2, 0) is 30.1 Å². The van der Waals surface area contributed by atoms with Gasteiger partial charge in [-0.3, -0.25) is 0 Å². The van der Waals surface area contributed by atoms with Gasteiger partial charge in [-0.25, -0.2) is 4.90 Å². The maximum atomic E-state index is 13.4. The first-order valence-corrected chi connectivity index (χ1v) is 13.6. The van der Waals surface area contributed by atoms with E-state index >= 15 is 0 Å². The molecule has 0 saturated carbocycles. The van der Waals surface area contributed by atoms with E-state index in [0.717, 1.165) is 28.8 Å². The topological polar surface area (TPSA) is 44.7 Å². The smallest absolute Gasteiger partial charge is 0.356 e. The lowest BCUT2D eigenvalue weighted by atomic mass is 9.85. The Hall–Kier alpha value is -2.14. The SMILES string of the molecule is CC[C@@H]1C[C@H](NCc2cc(C(F)(F)F)cc(C(F)(F)F)c2)C[C@H](Cc2c(C)cccc2C)N1C(O)OC(C)(C)C. The van der Waals surface area contributed by atoms with Crippen LogP contribution in [0.1, 0.15) is 80.3 Å². The van der Waals surface area contributed by atoms with Gasteiger partial charge in [0.05, 0.1) is 16.7 Å². The summed E-state index contributed by atoms with van der Waals surface area (Å²) in [7, 11) is 0. The second-order valence-electron chi connectivity index (χ2n) is 11.8. The van der Waals surface area contributed by atoms with Gasteiger partial charge in [-0.1, -0.05) is 25.1 Å². The molecule has 1 saturated heterocycles. The molecule has 2 aromatic rings. The van der Waals surface area contributed by atoms with Gasteiger partial charge in [-0.2, -0.15) is 26.3 Å². The fourth-order valence-corrected chi connectivity index (χ4v) is 5.56. The third kappa shape index (κ3) is 8.44. The molecule has 0 amide bonds. The summed E-state index contributed by atoms with van der Waals surface area (Å²) in [6.45, 7) is 11.5. The molecule has 1 unspecified atom stereocenters. The van der Waals surface area contributed by atoms with E-state index in [-0.39, 0.29) is 36.3 Å². The van der Waals surface area contributed by atoms with E-state index in [0.29, 0.717) is 25.7 Å². The average molecular weight is 575 g/mol. The summed E-state index contributed by atoms with van der Waals surface area (Å²) in [5, 5.41) is 14.4. The van der Waals surface area contributed by atoms with Crippen molar-refractivity contribution in [2.45, 2.75) is 116 Å². The number of hydrogen-bond acceptors (Lipinski definition) is 4. The molecule has 1 heterocycles. The van der Waals surface area contributed by atoms with Gasteiger partial charge in [-0.15, -0.1) is 0 Å². The lowest BCUT2D eigenvalue weighted by Crippen LogP contribution is -2.59. The monoisotopic (exact) mass is 574 g/mol. The number of benzene rings is 2. The zero-order valence-corrected chi connectivity index (χ0v) is 23.9. The van der Waals surface area contributed by atoms with Gasteiger partial charge in [-0.05, 0) is 101 Å². The molecule has 40 heavy (non-hydrogen) atoms. The predicted molar refractivity (Wildman–Crippen MR) is 142 cm³/mol. The number of ether oxygens (including phenoxy) is 1. The number of aryl methyl sites for hydroxylation is 2. The Bertz CT molecular complexity index is 1090. The van der Waals surface area contributed by atoms with Crippen LogP contribution in [0.15, 0.2) is 36.4 Å². The van der Waals surface area contributed by atoms with Gasteiger partial charge in [0.15, 0.2) is 0 Å². The lowest BCUT2D eigenvalue weighted by Gasteiger charge is -2.48. The van der Waals surface area contributed by atoms with E-state index in [9.17, 15) is 31.4 Å². The third-order valence-corrected chi connectivity index (χ3v) is 7.47. The Morgan fingerprint density at radius 3 is 1.93 bits per heavy atom. The Morgan fingerprint density at radius 2 is 1.45 bits per heavy atom. The van der Waals surface area contributed by atoms with Crippen molar-refractivity contribution >= 4 is 0 Å². The number of rotatable bonds is 8. The summed E-state index contributed by atoms with van der Waals surface area (Å²) >= 11 is 0. The second kappa shape index (κ2) is 12.4. The molecule has 2 N–H and O–H groups in total. The molecular formula is C30H40F6N2O2. The number of nitrogens with zero attached hydrogens (tertiary/aromatic N) is 1. The first-order chi connectivity index (χ1) is 18.4. The summed E-state index contributed by atoms with van der Waals surface area (Å²) in [6, 6.07) is 7.22. The standard InChI is InChI=1S/C30H40F6N2O2/c1-7-24-14-23(37-17-20-11-21(29(31,32)33)13-22(12-20)30(34,35)36)15-25(38(24)27(39)40-28(4,5)6)16-26-18(2)9-8-10-19(26)3/h8-13,23-25,27,37,39H,7,14-17H2,1-6H3/t23-,24+,25+,27?/m0/s1. The van der Waals surface area contributed by atoms with Crippen molar-refractivity contribution in [2.75, 3.05) is 0 Å². The molecule has 0 radical (unpaired) electrons. The normalized spacial score (nSPS) is 22.0. The highest BCUT2D eigenvalue weighted by Crippen LogP contribution is 2.37. The van der Waals surface area contributed by atoms with Crippen LogP contribution in [0.3, 0.4) is 0 Å². The van der Waals surface area contributed by atoms with E-state index in [1.54, 1.807) is 0 Å². The minimum atomic E-state index is -4.89. The summed E-state index contributed by atoms with van der Waals surface area (Å²) in [4.78, 5) is 1.97. The van der Waals surface area contributed by atoms with Crippen LogP contribution < -0.4 is 5.32 Å². The van der Waals surface area contributed by atoms with Crippen LogP contribution >= 0.6 is 0 Å². The van der Waals surface area contributed by atoms with Crippen molar-refractivity contribution in [3.05, 3.63) is 69.8 Å². The molecule has 2 aromatic carbocycles. The number of nitrogens with one attached hydrogen (secondary N) is 1. The molecule has 4 atom stereocenters. The molecule has 1 fully saturated rings. The van der Waals surface area contributed by atoms with E-state index in [4.69, 9.17) is 4.74 Å². The highest BCUT2D eigenvalue weighted by Gasteiger charge is 2.41. The molecule has 10 heteroatoms. The number of hydrogen-bond donors (Lipinski definition) is 2. The Balaban J connectivity index is 1.90. The van der Waals surface area contributed by atoms with Crippen LogP contribution in [0.2, 0.25) is 0 Å². The van der Waals surface area contributed by atoms with E-state index in [2.05, 4.69) is 5.32 Å². The lowest BCUT2D eigenvalue weighted by molar-refractivity contribution is -0.265. The molecular weight excluding hydrogens is 534 g/mol. The third-order valence-electron chi connectivity index (χ3n) is 7.47. The van der Waals surface area contributed by atoms with Gasteiger partial charge in [0.25, 0.3) is 0 Å². The average Bonchev–Trinajstić information content (AvgIpc) is 2.82. The van der Waals surface area contributed by atoms with Crippen LogP contribution in [0.25, 0.3) is 0 Å². The molecule has 224 valence electrons. The Kier molecular flexibility index (Phi) is 10.0. The van der Waals surface area contributed by atoms with Crippen molar-refractivity contribution in [3.8, 4) is 0 Å². The number of piperidine rings is 1. The summed E-state index contributed by atoms with van der Waals surface area (Å²) in [6.07, 6.45) is -8.59. The first-order valence-electron chi connectivity index (χ1n) is 13.6. The highest BCUT2D eigenvalue weighted by atomic mass is 19.4. The summed E-state index contributed by atoms with van der Waals surface area (Å²) in [5.74, 6) is 0. The zero-order chi connectivity index (χ0) is 30.0. The molecule has 1 aliphatic heterocycles. The highest BCUT2D eigenvalue weighted by molar-refractivity contribution is 5.35. The quantitative estimate of drug-likeness (QED) is 0.255. The molecule has 4 nitrogen and oxygen atoms in total. The zero-order valence-electron chi connectivity index (χ0n) is 23.9. The largest absolute Gasteiger partial charge is 0.416 e. The minimum absolute atomic E-state index is 0.0833. The molecule has 0 bridgehead atoms. The van der Waals surface area contributed by atoms with Gasteiger partial charge in [0, 0.05) is 24.7 Å². The number of alkyl halides is 6.